The lowest BCUT2D eigenvalue weighted by Gasteiger charge is -2.28. The Morgan fingerprint density at radius 3 is 1.94 bits per heavy atom. The Kier molecular flexibility index (Phi) is 7.54. The van der Waals surface area contributed by atoms with Crippen LogP contribution >= 0.6 is 0 Å². The molecular weight excluding hydrogens is 220 g/mol. The number of nitrogens with zero attached hydrogens (tertiary/aromatic N) is 1. The van der Waals surface area contributed by atoms with E-state index in [4.69, 9.17) is 10.5 Å². The van der Waals surface area contributed by atoms with Crippen molar-refractivity contribution < 1.29 is 14.3 Å². The summed E-state index contributed by atoms with van der Waals surface area (Å²) in [6, 6.07) is -0.293. The van der Waals surface area contributed by atoms with E-state index in [-0.39, 0.29) is 12.0 Å². The largest absolute Gasteiger partial charge is 0.451 e. The van der Waals surface area contributed by atoms with E-state index in [1.165, 1.54) is 0 Å². The molecule has 2 atom stereocenters. The molecule has 1 amide bonds. The molecule has 0 aromatic heterocycles. The van der Waals surface area contributed by atoms with Crippen LogP contribution in [0, 0.1) is 0 Å². The van der Waals surface area contributed by atoms with E-state index in [1.54, 1.807) is 6.92 Å². The monoisotopic (exact) mass is 244 g/mol. The Hall–Kier alpha value is -1.10. The summed E-state index contributed by atoms with van der Waals surface area (Å²) in [5.41, 5.74) is 5.15. The van der Waals surface area contributed by atoms with Crippen molar-refractivity contribution >= 4 is 11.9 Å². The second-order valence-corrected chi connectivity index (χ2v) is 3.88. The minimum atomic E-state index is -0.813. The Balaban J connectivity index is 4.58. The van der Waals surface area contributed by atoms with Gasteiger partial charge in [0.1, 0.15) is 6.04 Å². The summed E-state index contributed by atoms with van der Waals surface area (Å²) in [5, 5.41) is 0. The normalized spacial score (nSPS) is 14.4. The van der Waals surface area contributed by atoms with Crippen LogP contribution in [0.4, 0.5) is 0 Å². The number of rotatable bonds is 8. The quantitative estimate of drug-likeness (QED) is 0.644. The van der Waals surface area contributed by atoms with Gasteiger partial charge in [0.2, 0.25) is 0 Å². The maximum atomic E-state index is 11.9. The third-order valence-electron chi connectivity index (χ3n) is 2.86. The van der Waals surface area contributed by atoms with Crippen LogP contribution < -0.4 is 5.73 Å². The van der Waals surface area contributed by atoms with E-state index in [0.717, 1.165) is 13.1 Å². The molecule has 0 aromatic carbocycles. The Bertz CT molecular complexity index is 252. The summed E-state index contributed by atoms with van der Waals surface area (Å²) in [6.07, 6.45) is 0.262. The third kappa shape index (κ3) is 4.73. The molecule has 5 heteroatoms. The van der Waals surface area contributed by atoms with Gasteiger partial charge in [-0.3, -0.25) is 14.5 Å². The van der Waals surface area contributed by atoms with E-state index in [0.29, 0.717) is 12.8 Å². The highest BCUT2D eigenvalue weighted by Gasteiger charge is 2.27. The predicted molar refractivity (Wildman–Crippen MR) is 66.4 cm³/mol. The van der Waals surface area contributed by atoms with Gasteiger partial charge in [0.05, 0.1) is 0 Å². The molecule has 100 valence electrons. The smallest absolute Gasteiger partial charge is 0.324 e. The van der Waals surface area contributed by atoms with Gasteiger partial charge in [0, 0.05) is 0 Å². The molecule has 0 aliphatic rings. The Morgan fingerprint density at radius 2 is 1.65 bits per heavy atom. The van der Waals surface area contributed by atoms with Crippen LogP contribution in [0.5, 0.6) is 0 Å². The van der Waals surface area contributed by atoms with Crippen molar-refractivity contribution in [2.24, 2.45) is 5.73 Å². The first-order valence-electron chi connectivity index (χ1n) is 6.25. The molecule has 17 heavy (non-hydrogen) atoms. The van der Waals surface area contributed by atoms with Crippen molar-refractivity contribution in [3.05, 3.63) is 0 Å². The van der Waals surface area contributed by atoms with Crippen LogP contribution in [-0.4, -0.2) is 42.0 Å². The lowest BCUT2D eigenvalue weighted by molar-refractivity contribution is -0.160. The first kappa shape index (κ1) is 15.9. The Labute approximate surface area is 103 Å². The molecule has 0 fully saturated rings. The molecule has 0 aromatic rings. The topological polar surface area (TPSA) is 72.6 Å². The van der Waals surface area contributed by atoms with Gasteiger partial charge in [-0.2, -0.15) is 0 Å². The minimum absolute atomic E-state index is 0.293. The summed E-state index contributed by atoms with van der Waals surface area (Å²) in [6.45, 7) is 9.22. The van der Waals surface area contributed by atoms with Gasteiger partial charge in [-0.05, 0) is 25.9 Å². The van der Waals surface area contributed by atoms with E-state index in [2.05, 4.69) is 0 Å². The number of hydrogen-bond donors (Lipinski definition) is 1. The van der Waals surface area contributed by atoms with Crippen LogP contribution in [0.1, 0.15) is 40.5 Å². The van der Waals surface area contributed by atoms with Crippen LogP contribution in [0.25, 0.3) is 0 Å². The molecular formula is C12H24N2O3. The van der Waals surface area contributed by atoms with Gasteiger partial charge in [0.25, 0.3) is 5.91 Å². The van der Waals surface area contributed by atoms with Gasteiger partial charge in [-0.25, -0.2) is 0 Å². The molecule has 0 heterocycles. The fraction of sp³-hybridized carbons (Fsp3) is 0.833. The third-order valence-corrected chi connectivity index (χ3v) is 2.86. The zero-order valence-electron chi connectivity index (χ0n) is 11.2. The predicted octanol–water partition coefficient (Wildman–Crippen LogP) is 0.914. The summed E-state index contributed by atoms with van der Waals surface area (Å²) in [4.78, 5) is 25.0. The number of esters is 1. The maximum Gasteiger partial charge on any atom is 0.324 e. The number of hydrogen-bond acceptors (Lipinski definition) is 4. The highest BCUT2D eigenvalue weighted by molar-refractivity contribution is 5.83. The molecule has 0 spiro atoms. The molecule has 5 nitrogen and oxygen atoms in total. The van der Waals surface area contributed by atoms with Crippen molar-refractivity contribution in [2.45, 2.75) is 52.7 Å². The molecule has 0 bridgehead atoms. The van der Waals surface area contributed by atoms with Crippen molar-refractivity contribution in [1.82, 2.24) is 4.90 Å². The van der Waals surface area contributed by atoms with Crippen molar-refractivity contribution in [2.75, 3.05) is 13.1 Å². The molecule has 0 rings (SSSR count). The molecule has 0 aliphatic heterocycles. The van der Waals surface area contributed by atoms with Crippen LogP contribution in [0.15, 0.2) is 0 Å². The zero-order chi connectivity index (χ0) is 13.4. The molecule has 0 radical (unpaired) electrons. The molecule has 0 saturated carbocycles. The number of amides is 1. The molecule has 2 unspecified atom stereocenters. The summed E-state index contributed by atoms with van der Waals surface area (Å²) < 4.78 is 5.14. The number of carbonyl (C=O) groups excluding carboxylic acids is 2. The average molecular weight is 244 g/mol. The summed E-state index contributed by atoms with van der Waals surface area (Å²) >= 11 is 0. The molecule has 0 saturated heterocycles. The SMILES string of the molecule is CCC(OC(=O)C(CC)N(CC)CC)C(N)=O. The molecule has 0 aliphatic carbocycles. The summed E-state index contributed by atoms with van der Waals surface area (Å²) in [5.74, 6) is -0.947. The van der Waals surface area contributed by atoms with Crippen LogP contribution in [0.2, 0.25) is 0 Å². The number of likely N-dealkylation sites (N-methyl/N-ethyl adjacent to an activating group) is 1. The van der Waals surface area contributed by atoms with E-state index in [1.807, 2.05) is 25.7 Å². The first-order chi connectivity index (χ1) is 8.01. The van der Waals surface area contributed by atoms with E-state index < -0.39 is 12.0 Å². The second-order valence-electron chi connectivity index (χ2n) is 3.88. The lowest BCUT2D eigenvalue weighted by Crippen LogP contribution is -2.44. The minimum Gasteiger partial charge on any atom is -0.451 e. The van der Waals surface area contributed by atoms with Crippen LogP contribution in [-0.2, 0) is 14.3 Å². The lowest BCUT2D eigenvalue weighted by atomic mass is 10.2. The summed E-state index contributed by atoms with van der Waals surface area (Å²) in [7, 11) is 0. The van der Waals surface area contributed by atoms with Gasteiger partial charge >= 0.3 is 5.97 Å². The highest BCUT2D eigenvalue weighted by atomic mass is 16.5. The highest BCUT2D eigenvalue weighted by Crippen LogP contribution is 2.09. The van der Waals surface area contributed by atoms with E-state index >= 15 is 0 Å². The molecule has 2 N–H and O–H groups in total. The van der Waals surface area contributed by atoms with Gasteiger partial charge < -0.3 is 10.5 Å². The van der Waals surface area contributed by atoms with Crippen molar-refractivity contribution in [3.63, 3.8) is 0 Å². The van der Waals surface area contributed by atoms with Crippen LogP contribution in [0.3, 0.4) is 0 Å². The van der Waals surface area contributed by atoms with E-state index in [9.17, 15) is 9.59 Å². The fourth-order valence-electron chi connectivity index (χ4n) is 1.80. The second kappa shape index (κ2) is 8.06. The van der Waals surface area contributed by atoms with Gasteiger partial charge in [-0.15, -0.1) is 0 Å². The standard InChI is InChI=1S/C12H24N2O3/c1-5-9(14(7-3)8-4)12(16)17-10(6-2)11(13)15/h9-10H,5-8H2,1-4H3,(H2,13,15). The fourth-order valence-corrected chi connectivity index (χ4v) is 1.80. The number of primary amides is 1. The van der Waals surface area contributed by atoms with Crippen molar-refractivity contribution in [3.8, 4) is 0 Å². The number of ether oxygens (including phenoxy) is 1. The first-order valence-corrected chi connectivity index (χ1v) is 6.25. The average Bonchev–Trinajstić information content (AvgIpc) is 2.31. The van der Waals surface area contributed by atoms with Gasteiger partial charge in [0.15, 0.2) is 6.10 Å². The Morgan fingerprint density at radius 1 is 1.12 bits per heavy atom. The maximum absolute atomic E-state index is 11.9. The zero-order valence-corrected chi connectivity index (χ0v) is 11.2. The van der Waals surface area contributed by atoms with Gasteiger partial charge in [-0.1, -0.05) is 27.7 Å². The van der Waals surface area contributed by atoms with Crippen molar-refractivity contribution in [1.29, 1.82) is 0 Å². The number of carbonyl (C=O) groups is 2. The number of nitrogens with two attached hydrogens (primary N) is 1.